The zero-order valence-corrected chi connectivity index (χ0v) is 7.49. The molecule has 82 valence electrons. The number of hydrogen-bond donors (Lipinski definition) is 3. The van der Waals surface area contributed by atoms with Gasteiger partial charge in [0.05, 0.1) is 12.8 Å². The van der Waals surface area contributed by atoms with Gasteiger partial charge in [-0.2, -0.15) is 4.39 Å². The third kappa shape index (κ3) is 2.50. The van der Waals surface area contributed by atoms with E-state index in [1.54, 1.807) is 4.98 Å². The summed E-state index contributed by atoms with van der Waals surface area (Å²) >= 11 is 0. The van der Waals surface area contributed by atoms with E-state index < -0.39 is 23.1 Å². The lowest BCUT2D eigenvalue weighted by Crippen LogP contribution is -2.41. The Labute approximate surface area is 82.2 Å². The van der Waals surface area contributed by atoms with Crippen molar-refractivity contribution in [2.24, 2.45) is 0 Å². The Balaban J connectivity index is 3.05. The Morgan fingerprint density at radius 2 is 2.27 bits per heavy atom. The number of H-pyrrole nitrogens is 1. The number of aliphatic hydroxyl groups excluding tert-OH is 1. The zero-order valence-electron chi connectivity index (χ0n) is 7.49. The maximum atomic E-state index is 12.7. The number of nitrogens with zero attached hydrogens (tertiary/aromatic N) is 1. The summed E-state index contributed by atoms with van der Waals surface area (Å²) < 4.78 is 13.1. The summed E-state index contributed by atoms with van der Waals surface area (Å²) in [5.74, 6) is -1.24. The fourth-order valence-corrected chi connectivity index (χ4v) is 0.847. The van der Waals surface area contributed by atoms with Gasteiger partial charge in [0.1, 0.15) is 0 Å². The molecule has 0 saturated carbocycles. The largest absolute Gasteiger partial charge is 0.395 e. The maximum absolute atomic E-state index is 12.7. The number of aromatic nitrogens is 2. The minimum absolute atomic E-state index is 0.0774. The average Bonchev–Trinajstić information content (AvgIpc) is 2.20. The van der Waals surface area contributed by atoms with Gasteiger partial charge in [-0.05, 0) is 0 Å². The van der Waals surface area contributed by atoms with Gasteiger partial charge in [-0.25, -0.2) is 14.2 Å². The number of aliphatic hydroxyl groups is 1. The fraction of sp³-hybridized carbons (Fsp3) is 0.286. The number of amides is 1. The normalized spacial score (nSPS) is 10.0. The molecular weight excluding hydrogens is 209 g/mol. The van der Waals surface area contributed by atoms with Gasteiger partial charge in [-0.15, -0.1) is 0 Å². The lowest BCUT2D eigenvalue weighted by atomic mass is 10.6. The molecule has 1 aromatic rings. The van der Waals surface area contributed by atoms with Crippen LogP contribution in [-0.2, 0) is 0 Å². The van der Waals surface area contributed by atoms with E-state index in [1.165, 1.54) is 0 Å². The van der Waals surface area contributed by atoms with Crippen molar-refractivity contribution >= 4 is 6.03 Å². The summed E-state index contributed by atoms with van der Waals surface area (Å²) in [7, 11) is 0. The summed E-state index contributed by atoms with van der Waals surface area (Å²) in [5, 5.41) is 10.5. The molecule has 1 amide bonds. The van der Waals surface area contributed by atoms with Crippen LogP contribution in [0.2, 0.25) is 0 Å². The Morgan fingerprint density at radius 1 is 1.60 bits per heavy atom. The summed E-state index contributed by atoms with van der Waals surface area (Å²) in [4.78, 5) is 34.4. The van der Waals surface area contributed by atoms with E-state index in [1.807, 2.05) is 0 Å². The first-order valence-electron chi connectivity index (χ1n) is 3.97. The first-order valence-corrected chi connectivity index (χ1v) is 3.97. The number of nitrogens with one attached hydrogen (secondary N) is 2. The van der Waals surface area contributed by atoms with Crippen molar-refractivity contribution in [3.63, 3.8) is 0 Å². The molecule has 0 saturated heterocycles. The molecule has 7 nitrogen and oxygen atoms in total. The molecule has 0 radical (unpaired) electrons. The van der Waals surface area contributed by atoms with E-state index in [-0.39, 0.29) is 13.2 Å². The molecule has 0 aliphatic rings. The molecule has 0 atom stereocenters. The highest BCUT2D eigenvalue weighted by Gasteiger charge is 2.09. The second-order valence-corrected chi connectivity index (χ2v) is 2.56. The van der Waals surface area contributed by atoms with Gasteiger partial charge in [-0.1, -0.05) is 0 Å². The lowest BCUT2D eigenvalue weighted by molar-refractivity contribution is 0.234. The van der Waals surface area contributed by atoms with Gasteiger partial charge in [0, 0.05) is 6.54 Å². The molecule has 1 aromatic heterocycles. The number of rotatable bonds is 2. The van der Waals surface area contributed by atoms with Crippen molar-refractivity contribution < 1.29 is 14.3 Å². The molecule has 0 spiro atoms. The van der Waals surface area contributed by atoms with E-state index >= 15 is 0 Å². The molecule has 0 unspecified atom stereocenters. The van der Waals surface area contributed by atoms with Crippen LogP contribution in [0.4, 0.5) is 9.18 Å². The standard InChI is InChI=1S/C7H8FN3O4/c8-4-3-11(6(14)9-1-2-12)7(15)10-5(4)13/h3,12H,1-2H2,(H,9,14)(H,10,13,15). The molecule has 0 bridgehead atoms. The van der Waals surface area contributed by atoms with Gasteiger partial charge >= 0.3 is 11.7 Å². The van der Waals surface area contributed by atoms with Gasteiger partial charge in [-0.3, -0.25) is 9.78 Å². The van der Waals surface area contributed by atoms with Crippen LogP contribution in [0.1, 0.15) is 0 Å². The number of carbonyl (C=O) groups excluding carboxylic acids is 1. The predicted molar refractivity (Wildman–Crippen MR) is 47.2 cm³/mol. The second-order valence-electron chi connectivity index (χ2n) is 2.56. The van der Waals surface area contributed by atoms with Crippen molar-refractivity contribution in [1.29, 1.82) is 0 Å². The Kier molecular flexibility index (Phi) is 3.34. The smallest absolute Gasteiger partial charge is 0.336 e. The Bertz CT molecular complexity index is 478. The average molecular weight is 217 g/mol. The summed E-state index contributed by atoms with van der Waals surface area (Å²) in [6.07, 6.45) is 0.480. The molecule has 1 rings (SSSR count). The third-order valence-corrected chi connectivity index (χ3v) is 1.51. The van der Waals surface area contributed by atoms with Crippen LogP contribution in [0.15, 0.2) is 15.8 Å². The fourth-order valence-electron chi connectivity index (χ4n) is 0.847. The van der Waals surface area contributed by atoms with Gasteiger partial charge in [0.25, 0.3) is 5.56 Å². The first kappa shape index (κ1) is 11.1. The SMILES string of the molecule is O=C(NCCO)n1cc(F)c(=O)[nH]c1=O. The van der Waals surface area contributed by atoms with Crippen LogP contribution in [0.25, 0.3) is 0 Å². The van der Waals surface area contributed by atoms with Crippen LogP contribution in [-0.4, -0.2) is 33.8 Å². The molecule has 0 aliphatic carbocycles. The number of aromatic amines is 1. The highest BCUT2D eigenvalue weighted by molar-refractivity contribution is 5.76. The number of hydrogen-bond acceptors (Lipinski definition) is 4. The highest BCUT2D eigenvalue weighted by Crippen LogP contribution is 1.83. The van der Waals surface area contributed by atoms with Crippen molar-refractivity contribution in [3.05, 3.63) is 32.9 Å². The van der Waals surface area contributed by atoms with E-state index in [2.05, 4.69) is 5.32 Å². The number of halogens is 1. The molecule has 0 fully saturated rings. The summed E-state index contributed by atoms with van der Waals surface area (Å²) in [5.41, 5.74) is -2.23. The summed E-state index contributed by atoms with van der Waals surface area (Å²) in [6, 6.07) is -0.927. The molecule has 8 heteroatoms. The van der Waals surface area contributed by atoms with Crippen molar-refractivity contribution in [1.82, 2.24) is 14.9 Å². The van der Waals surface area contributed by atoms with Crippen molar-refractivity contribution in [2.75, 3.05) is 13.2 Å². The molecule has 3 N–H and O–H groups in total. The number of carbonyl (C=O) groups is 1. The Hall–Kier alpha value is -1.96. The van der Waals surface area contributed by atoms with E-state index in [0.29, 0.717) is 10.8 Å². The molecule has 0 aliphatic heterocycles. The van der Waals surface area contributed by atoms with Crippen LogP contribution in [0, 0.1) is 5.82 Å². The Morgan fingerprint density at radius 3 is 2.87 bits per heavy atom. The monoisotopic (exact) mass is 217 g/mol. The van der Waals surface area contributed by atoms with Gasteiger partial charge < -0.3 is 10.4 Å². The van der Waals surface area contributed by atoms with Crippen LogP contribution < -0.4 is 16.6 Å². The second kappa shape index (κ2) is 4.51. The van der Waals surface area contributed by atoms with Crippen molar-refractivity contribution in [3.8, 4) is 0 Å². The minimum atomic E-state index is -1.24. The molecule has 1 heterocycles. The van der Waals surface area contributed by atoms with Gasteiger partial charge in [0.15, 0.2) is 0 Å². The van der Waals surface area contributed by atoms with E-state index in [0.717, 1.165) is 0 Å². The van der Waals surface area contributed by atoms with Crippen LogP contribution in [0.5, 0.6) is 0 Å². The predicted octanol–water partition coefficient (Wildman–Crippen LogP) is -1.77. The van der Waals surface area contributed by atoms with E-state index in [4.69, 9.17) is 5.11 Å². The van der Waals surface area contributed by atoms with Crippen LogP contribution in [0.3, 0.4) is 0 Å². The summed E-state index contributed by atoms with van der Waals surface area (Å²) in [6.45, 7) is -0.391. The highest BCUT2D eigenvalue weighted by atomic mass is 19.1. The third-order valence-electron chi connectivity index (χ3n) is 1.51. The topological polar surface area (TPSA) is 104 Å². The molecule has 15 heavy (non-hydrogen) atoms. The first-order chi connectivity index (χ1) is 7.06. The quantitative estimate of drug-likeness (QED) is 0.545. The van der Waals surface area contributed by atoms with Crippen molar-refractivity contribution in [2.45, 2.75) is 0 Å². The molecular formula is C7H8FN3O4. The maximum Gasteiger partial charge on any atom is 0.336 e. The molecule has 0 aromatic carbocycles. The van der Waals surface area contributed by atoms with Crippen LogP contribution >= 0.6 is 0 Å². The van der Waals surface area contributed by atoms with E-state index in [9.17, 15) is 18.8 Å². The lowest BCUT2D eigenvalue weighted by Gasteiger charge is -2.04. The zero-order chi connectivity index (χ0) is 11.4. The minimum Gasteiger partial charge on any atom is -0.395 e. The van der Waals surface area contributed by atoms with Gasteiger partial charge in [0.2, 0.25) is 5.82 Å².